The van der Waals surface area contributed by atoms with Crippen molar-refractivity contribution < 1.29 is 4.74 Å². The number of nitrogens with zero attached hydrogens (tertiary/aromatic N) is 2. The molecule has 6 heteroatoms. The van der Waals surface area contributed by atoms with E-state index in [0.717, 1.165) is 6.54 Å². The largest absolute Gasteiger partial charge is 0.382 e. The fraction of sp³-hybridized carbons (Fsp3) is 0.615. The average Bonchev–Trinajstić information content (AvgIpc) is 2.86. The van der Waals surface area contributed by atoms with Crippen molar-refractivity contribution in [2.75, 3.05) is 13.7 Å². The highest BCUT2D eigenvalue weighted by molar-refractivity contribution is 7.09. The Morgan fingerprint density at radius 1 is 1.53 bits per heavy atom. The summed E-state index contributed by atoms with van der Waals surface area (Å²) in [6.45, 7) is 7.64. The van der Waals surface area contributed by atoms with E-state index in [0.29, 0.717) is 18.6 Å². The molecule has 0 aromatic carbocycles. The van der Waals surface area contributed by atoms with E-state index in [1.807, 2.05) is 6.92 Å². The molecule has 1 unspecified atom stereocenters. The molecule has 1 atom stereocenters. The van der Waals surface area contributed by atoms with E-state index >= 15 is 0 Å². The number of methoxy groups -OCH3 is 1. The lowest BCUT2D eigenvalue weighted by Gasteiger charge is -2.29. The van der Waals surface area contributed by atoms with Gasteiger partial charge in [-0.25, -0.2) is 10.8 Å². The summed E-state index contributed by atoms with van der Waals surface area (Å²) >= 11 is 1.74. The van der Waals surface area contributed by atoms with Crippen LogP contribution in [-0.2, 0) is 11.3 Å². The first-order chi connectivity index (χ1) is 9.08. The number of guanidine groups is 1. The lowest BCUT2D eigenvalue weighted by Crippen LogP contribution is -2.48. The first-order valence-corrected chi connectivity index (χ1v) is 7.28. The van der Waals surface area contributed by atoms with Crippen molar-refractivity contribution in [3.8, 4) is 0 Å². The van der Waals surface area contributed by atoms with E-state index in [2.05, 4.69) is 46.7 Å². The molecule has 1 aromatic heterocycles. The number of rotatable bonds is 6. The average molecular weight is 284 g/mol. The van der Waals surface area contributed by atoms with Gasteiger partial charge in [-0.15, -0.1) is 11.3 Å². The van der Waals surface area contributed by atoms with Gasteiger partial charge in [0.2, 0.25) is 5.96 Å². The quantitative estimate of drug-likeness (QED) is 0.362. The van der Waals surface area contributed by atoms with Gasteiger partial charge in [0.25, 0.3) is 0 Å². The van der Waals surface area contributed by atoms with Crippen LogP contribution in [-0.4, -0.2) is 36.7 Å². The Kier molecular flexibility index (Phi) is 6.83. The minimum atomic E-state index is 0.0700. The number of hydrogen-bond acceptors (Lipinski definition) is 4. The van der Waals surface area contributed by atoms with Crippen molar-refractivity contribution in [1.29, 1.82) is 0 Å². The highest BCUT2D eigenvalue weighted by Crippen LogP contribution is 2.14. The van der Waals surface area contributed by atoms with Gasteiger partial charge in [-0.1, -0.05) is 6.07 Å². The zero-order chi connectivity index (χ0) is 14.3. The molecule has 19 heavy (non-hydrogen) atoms. The van der Waals surface area contributed by atoms with Gasteiger partial charge in [0.05, 0.1) is 19.2 Å². The molecule has 0 aliphatic heterocycles. The second-order valence-corrected chi connectivity index (χ2v) is 5.73. The van der Waals surface area contributed by atoms with E-state index in [-0.39, 0.29) is 6.04 Å². The predicted molar refractivity (Wildman–Crippen MR) is 81.1 cm³/mol. The van der Waals surface area contributed by atoms with Crippen molar-refractivity contribution in [3.63, 3.8) is 0 Å². The Bertz CT molecular complexity index is 378. The van der Waals surface area contributed by atoms with Crippen LogP contribution >= 0.6 is 11.3 Å². The van der Waals surface area contributed by atoms with Gasteiger partial charge in [0.15, 0.2) is 0 Å². The summed E-state index contributed by atoms with van der Waals surface area (Å²) in [5, 5.41) is 2.08. The van der Waals surface area contributed by atoms with Crippen LogP contribution in [0.25, 0.3) is 0 Å². The maximum absolute atomic E-state index is 5.63. The molecular weight excluding hydrogens is 260 g/mol. The van der Waals surface area contributed by atoms with Crippen LogP contribution in [0.3, 0.4) is 0 Å². The van der Waals surface area contributed by atoms with Crippen LogP contribution < -0.4 is 11.3 Å². The number of nitrogens with two attached hydrogens (primary N) is 1. The van der Waals surface area contributed by atoms with Gasteiger partial charge in [0, 0.05) is 18.0 Å². The summed E-state index contributed by atoms with van der Waals surface area (Å²) in [7, 11) is 1.67. The van der Waals surface area contributed by atoms with Crippen LogP contribution in [0.2, 0.25) is 0 Å². The highest BCUT2D eigenvalue weighted by Gasteiger charge is 2.16. The second-order valence-electron chi connectivity index (χ2n) is 4.70. The predicted octanol–water partition coefficient (Wildman–Crippen LogP) is 1.81. The molecule has 0 saturated carbocycles. The molecule has 0 amide bonds. The summed E-state index contributed by atoms with van der Waals surface area (Å²) in [6.07, 6.45) is 0. The molecule has 5 nitrogen and oxygen atoms in total. The number of hydrazine groups is 1. The number of nitrogens with one attached hydrogen (secondary N) is 1. The number of hydrogen-bond donors (Lipinski definition) is 2. The molecule has 0 fully saturated rings. The first-order valence-electron chi connectivity index (χ1n) is 6.40. The third-order valence-corrected chi connectivity index (χ3v) is 3.54. The minimum absolute atomic E-state index is 0.0700. The smallest absolute Gasteiger partial charge is 0.209 e. The SMILES string of the molecule is COCC(C)N=C(NN)N(Cc1cccs1)C(C)C. The van der Waals surface area contributed by atoms with Gasteiger partial charge in [0.1, 0.15) is 0 Å². The molecule has 0 bridgehead atoms. The first kappa shape index (κ1) is 15.9. The van der Waals surface area contributed by atoms with Crippen molar-refractivity contribution in [1.82, 2.24) is 10.3 Å². The van der Waals surface area contributed by atoms with E-state index in [9.17, 15) is 0 Å². The number of ether oxygens (including phenoxy) is 1. The van der Waals surface area contributed by atoms with Crippen molar-refractivity contribution in [2.24, 2.45) is 10.8 Å². The van der Waals surface area contributed by atoms with Crippen molar-refractivity contribution in [3.05, 3.63) is 22.4 Å². The van der Waals surface area contributed by atoms with Crippen molar-refractivity contribution >= 4 is 17.3 Å². The van der Waals surface area contributed by atoms with Crippen LogP contribution in [0.1, 0.15) is 25.6 Å². The zero-order valence-corrected chi connectivity index (χ0v) is 12.9. The zero-order valence-electron chi connectivity index (χ0n) is 12.1. The molecule has 3 N–H and O–H groups in total. The normalized spacial score (nSPS) is 13.7. The lowest BCUT2D eigenvalue weighted by atomic mass is 10.3. The topological polar surface area (TPSA) is 62.9 Å². The summed E-state index contributed by atoms with van der Waals surface area (Å²) in [5.74, 6) is 6.33. The van der Waals surface area contributed by atoms with Gasteiger partial charge in [-0.3, -0.25) is 5.43 Å². The molecule has 0 radical (unpaired) electrons. The van der Waals surface area contributed by atoms with Crippen molar-refractivity contribution in [2.45, 2.75) is 39.4 Å². The standard InChI is InChI=1S/C13H24N4OS/c1-10(2)17(8-12-6-5-7-19-12)13(16-14)15-11(3)9-18-4/h5-7,10-11H,8-9,14H2,1-4H3,(H,15,16). The fourth-order valence-electron chi connectivity index (χ4n) is 1.75. The molecule has 0 spiro atoms. The Labute approximate surface area is 119 Å². The summed E-state index contributed by atoms with van der Waals surface area (Å²) < 4.78 is 5.10. The second kappa shape index (κ2) is 8.14. The Morgan fingerprint density at radius 3 is 2.74 bits per heavy atom. The number of aliphatic imine (C=N–C) groups is 1. The van der Waals surface area contributed by atoms with E-state index in [1.54, 1.807) is 18.4 Å². The summed E-state index contributed by atoms with van der Waals surface area (Å²) in [4.78, 5) is 8.01. The fourth-order valence-corrected chi connectivity index (χ4v) is 2.46. The summed E-state index contributed by atoms with van der Waals surface area (Å²) in [5.41, 5.74) is 2.71. The molecule has 1 rings (SSSR count). The molecule has 0 saturated heterocycles. The monoisotopic (exact) mass is 284 g/mol. The van der Waals surface area contributed by atoms with E-state index in [1.165, 1.54) is 4.88 Å². The lowest BCUT2D eigenvalue weighted by molar-refractivity contribution is 0.184. The molecule has 0 aliphatic rings. The Hall–Kier alpha value is -1.11. The van der Waals surface area contributed by atoms with Crippen LogP contribution in [0.5, 0.6) is 0 Å². The van der Waals surface area contributed by atoms with Gasteiger partial charge >= 0.3 is 0 Å². The molecule has 1 heterocycles. The molecule has 108 valence electrons. The van der Waals surface area contributed by atoms with E-state index in [4.69, 9.17) is 10.6 Å². The van der Waals surface area contributed by atoms with Crippen LogP contribution in [0.15, 0.2) is 22.5 Å². The molecular formula is C13H24N4OS. The van der Waals surface area contributed by atoms with Crippen LogP contribution in [0, 0.1) is 0 Å². The van der Waals surface area contributed by atoms with Gasteiger partial charge in [-0.2, -0.15) is 0 Å². The molecule has 0 aliphatic carbocycles. The van der Waals surface area contributed by atoms with Gasteiger partial charge in [-0.05, 0) is 32.2 Å². The molecule has 1 aromatic rings. The third kappa shape index (κ3) is 5.18. The summed E-state index contributed by atoms with van der Waals surface area (Å²) in [6, 6.07) is 4.55. The highest BCUT2D eigenvalue weighted by atomic mass is 32.1. The third-order valence-electron chi connectivity index (χ3n) is 2.68. The minimum Gasteiger partial charge on any atom is -0.382 e. The Morgan fingerprint density at radius 2 is 2.26 bits per heavy atom. The van der Waals surface area contributed by atoms with Crippen LogP contribution in [0.4, 0.5) is 0 Å². The maximum Gasteiger partial charge on any atom is 0.209 e. The number of thiophene rings is 1. The Balaban J connectivity index is 2.82. The maximum atomic E-state index is 5.63. The van der Waals surface area contributed by atoms with Gasteiger partial charge < -0.3 is 9.64 Å². The van der Waals surface area contributed by atoms with E-state index < -0.39 is 0 Å².